The molecular weight excluding hydrogens is 409 g/mol. The molecule has 4 rings (SSSR count). The summed E-state index contributed by atoms with van der Waals surface area (Å²) in [6, 6.07) is 4.30. The van der Waals surface area contributed by atoms with E-state index in [-0.39, 0.29) is 29.3 Å². The Morgan fingerprint density at radius 1 is 1.20 bits per heavy atom. The Balaban J connectivity index is 1.74. The number of alkyl halides is 4. The summed E-state index contributed by atoms with van der Waals surface area (Å²) in [5, 5.41) is 15.5. The van der Waals surface area contributed by atoms with Gasteiger partial charge in [0, 0.05) is 24.8 Å². The van der Waals surface area contributed by atoms with Crippen molar-refractivity contribution in [3.05, 3.63) is 48.0 Å². The van der Waals surface area contributed by atoms with Crippen LogP contribution in [0.4, 0.5) is 27.8 Å². The number of fused-ring (bicyclic) bond motifs is 1. The molecule has 0 aromatic carbocycles. The third-order valence-electron chi connectivity index (χ3n) is 5.19. The number of nitrogens with one attached hydrogen (secondary N) is 2. The van der Waals surface area contributed by atoms with E-state index in [1.165, 1.54) is 22.7 Å². The van der Waals surface area contributed by atoms with Crippen LogP contribution < -0.4 is 10.6 Å². The van der Waals surface area contributed by atoms with Crippen LogP contribution in [0, 0.1) is 5.82 Å². The van der Waals surface area contributed by atoms with Gasteiger partial charge in [-0.2, -0.15) is 13.2 Å². The molecule has 4 heterocycles. The van der Waals surface area contributed by atoms with Crippen LogP contribution >= 0.6 is 0 Å². The Morgan fingerprint density at radius 3 is 2.63 bits per heavy atom. The van der Waals surface area contributed by atoms with Crippen molar-refractivity contribution in [2.45, 2.75) is 30.9 Å². The first-order valence-corrected chi connectivity index (χ1v) is 9.13. The quantitative estimate of drug-likeness (QED) is 0.559. The highest BCUT2D eigenvalue weighted by atomic mass is 19.4. The molecule has 3 aromatic heterocycles. The van der Waals surface area contributed by atoms with Gasteiger partial charge in [-0.25, -0.2) is 18.7 Å². The number of pyridine rings is 2. The first-order chi connectivity index (χ1) is 14.1. The average molecular weight is 427 g/mol. The number of halogens is 5. The van der Waals surface area contributed by atoms with Crippen molar-refractivity contribution >= 4 is 11.5 Å². The zero-order valence-electron chi connectivity index (χ0n) is 15.7. The lowest BCUT2D eigenvalue weighted by atomic mass is 9.97. The monoisotopic (exact) mass is 427 g/mol. The standard InChI is InChI=1S/C19H18F5N5O/c1-18(30,19(22,23)24)10-2-5-16-26-8-15(29(16)9-10)13-4-3-11(20)17(27-13)28-14-7-25-6-12(14)21/h2-5,8-9,12,14,25,30H,6-7H2,1H3,(H,27,28)/t12-,14-,18-/m1/s1. The van der Waals surface area contributed by atoms with Gasteiger partial charge in [-0.05, 0) is 25.1 Å². The Labute approximate surface area is 167 Å². The second-order valence-electron chi connectivity index (χ2n) is 7.31. The van der Waals surface area contributed by atoms with Crippen molar-refractivity contribution < 1.29 is 27.1 Å². The normalized spacial score (nSPS) is 21.7. The maximum atomic E-state index is 14.2. The van der Waals surface area contributed by atoms with Crippen molar-refractivity contribution in [1.82, 2.24) is 19.7 Å². The minimum atomic E-state index is -4.88. The summed E-state index contributed by atoms with van der Waals surface area (Å²) in [5.74, 6) is -0.857. The van der Waals surface area contributed by atoms with Crippen LogP contribution in [-0.4, -0.2) is 51.0 Å². The fraction of sp³-hybridized carbons (Fsp3) is 0.368. The molecule has 0 aliphatic carbocycles. The van der Waals surface area contributed by atoms with E-state index in [1.54, 1.807) is 0 Å². The molecule has 1 aliphatic heterocycles. The van der Waals surface area contributed by atoms with E-state index in [2.05, 4.69) is 20.6 Å². The van der Waals surface area contributed by atoms with Gasteiger partial charge in [-0.15, -0.1) is 0 Å². The molecule has 0 unspecified atom stereocenters. The molecule has 1 fully saturated rings. The summed E-state index contributed by atoms with van der Waals surface area (Å²) >= 11 is 0. The second-order valence-corrected chi connectivity index (χ2v) is 7.31. The Bertz CT molecular complexity index is 1080. The first-order valence-electron chi connectivity index (χ1n) is 9.13. The van der Waals surface area contributed by atoms with E-state index in [0.717, 1.165) is 18.3 Å². The molecule has 1 saturated heterocycles. The van der Waals surface area contributed by atoms with E-state index >= 15 is 0 Å². The molecule has 160 valence electrons. The number of hydrogen-bond acceptors (Lipinski definition) is 5. The van der Waals surface area contributed by atoms with Crippen LogP contribution in [0.3, 0.4) is 0 Å². The Hall–Kier alpha value is -2.79. The summed E-state index contributed by atoms with van der Waals surface area (Å²) in [6.07, 6.45) is -3.61. The molecule has 6 nitrogen and oxygen atoms in total. The molecule has 0 spiro atoms. The third kappa shape index (κ3) is 3.47. The lowest BCUT2D eigenvalue weighted by molar-refractivity contribution is -0.259. The Kier molecular flexibility index (Phi) is 4.89. The summed E-state index contributed by atoms with van der Waals surface area (Å²) < 4.78 is 69.0. The molecule has 0 saturated carbocycles. The summed E-state index contributed by atoms with van der Waals surface area (Å²) in [6.45, 7) is 1.11. The largest absolute Gasteiger partial charge is 0.421 e. The maximum absolute atomic E-state index is 14.2. The average Bonchev–Trinajstić information content (AvgIpc) is 3.28. The second kappa shape index (κ2) is 7.17. The van der Waals surface area contributed by atoms with Gasteiger partial charge in [0.25, 0.3) is 0 Å². The number of anilines is 1. The zero-order chi connectivity index (χ0) is 21.7. The van der Waals surface area contributed by atoms with Crippen molar-refractivity contribution in [3.63, 3.8) is 0 Å². The predicted octanol–water partition coefficient (Wildman–Crippen LogP) is 3.03. The first kappa shape index (κ1) is 20.5. The molecule has 30 heavy (non-hydrogen) atoms. The third-order valence-corrected chi connectivity index (χ3v) is 5.19. The number of aliphatic hydroxyl groups is 1. The fourth-order valence-electron chi connectivity index (χ4n) is 3.27. The van der Waals surface area contributed by atoms with Crippen LogP contribution in [-0.2, 0) is 5.60 Å². The highest BCUT2D eigenvalue weighted by Crippen LogP contribution is 2.38. The van der Waals surface area contributed by atoms with Crippen molar-refractivity contribution in [2.24, 2.45) is 0 Å². The van der Waals surface area contributed by atoms with Crippen LogP contribution in [0.2, 0.25) is 0 Å². The molecule has 3 atom stereocenters. The van der Waals surface area contributed by atoms with Gasteiger partial charge in [0.15, 0.2) is 17.2 Å². The topological polar surface area (TPSA) is 74.5 Å². The van der Waals surface area contributed by atoms with Gasteiger partial charge in [0.05, 0.1) is 23.6 Å². The SMILES string of the molecule is C[C@@](O)(c1ccc2ncc(-c3ccc(F)c(N[C@@H]4CNC[C@H]4F)n3)n2c1)C(F)(F)F. The minimum absolute atomic E-state index is 0.147. The van der Waals surface area contributed by atoms with Crippen LogP contribution in [0.15, 0.2) is 36.7 Å². The molecule has 11 heteroatoms. The van der Waals surface area contributed by atoms with Gasteiger partial charge >= 0.3 is 6.18 Å². The van der Waals surface area contributed by atoms with Crippen LogP contribution in [0.5, 0.6) is 0 Å². The lowest BCUT2D eigenvalue weighted by Crippen LogP contribution is -2.39. The van der Waals surface area contributed by atoms with Crippen molar-refractivity contribution in [2.75, 3.05) is 18.4 Å². The smallest absolute Gasteiger partial charge is 0.376 e. The van der Waals surface area contributed by atoms with Crippen molar-refractivity contribution in [1.29, 1.82) is 0 Å². The molecule has 0 amide bonds. The van der Waals surface area contributed by atoms with Gasteiger partial charge in [0.1, 0.15) is 11.8 Å². The summed E-state index contributed by atoms with van der Waals surface area (Å²) in [5.41, 5.74) is -2.64. The fourth-order valence-corrected chi connectivity index (χ4v) is 3.27. The van der Waals surface area contributed by atoms with Crippen molar-refractivity contribution in [3.8, 4) is 11.4 Å². The maximum Gasteiger partial charge on any atom is 0.421 e. The number of aromatic nitrogens is 3. The van der Waals surface area contributed by atoms with Gasteiger partial charge in [-0.3, -0.25) is 4.40 Å². The molecule has 0 bridgehead atoms. The molecule has 0 radical (unpaired) electrons. The highest BCUT2D eigenvalue weighted by molar-refractivity contribution is 5.62. The molecule has 1 aliphatic rings. The number of nitrogens with zero attached hydrogens (tertiary/aromatic N) is 3. The van der Waals surface area contributed by atoms with Crippen LogP contribution in [0.25, 0.3) is 17.0 Å². The number of imidazole rings is 1. The highest BCUT2D eigenvalue weighted by Gasteiger charge is 2.51. The van der Waals surface area contributed by atoms with E-state index in [9.17, 15) is 27.1 Å². The molecule has 3 N–H and O–H groups in total. The van der Waals surface area contributed by atoms with E-state index < -0.39 is 29.8 Å². The van der Waals surface area contributed by atoms with E-state index in [4.69, 9.17) is 0 Å². The van der Waals surface area contributed by atoms with Crippen LogP contribution in [0.1, 0.15) is 12.5 Å². The number of rotatable bonds is 4. The lowest BCUT2D eigenvalue weighted by Gasteiger charge is -2.26. The minimum Gasteiger partial charge on any atom is -0.376 e. The van der Waals surface area contributed by atoms with E-state index in [1.807, 2.05) is 0 Å². The summed E-state index contributed by atoms with van der Waals surface area (Å²) in [7, 11) is 0. The van der Waals surface area contributed by atoms with E-state index in [0.29, 0.717) is 19.1 Å². The molecule has 3 aromatic rings. The molecular formula is C19H18F5N5O. The number of hydrogen-bond donors (Lipinski definition) is 3. The predicted molar refractivity (Wildman–Crippen MR) is 99.2 cm³/mol. The zero-order valence-corrected chi connectivity index (χ0v) is 15.7. The van der Waals surface area contributed by atoms with Gasteiger partial charge in [-0.1, -0.05) is 6.07 Å². The van der Waals surface area contributed by atoms with Gasteiger partial charge in [0.2, 0.25) is 0 Å². The van der Waals surface area contributed by atoms with Gasteiger partial charge < -0.3 is 15.7 Å². The Morgan fingerprint density at radius 2 is 1.97 bits per heavy atom. The summed E-state index contributed by atoms with van der Waals surface area (Å²) in [4.78, 5) is 8.30.